The van der Waals surface area contributed by atoms with Gasteiger partial charge in [0.15, 0.2) is 5.75 Å². The standard InChI is InChI=1S/C54H51NO/c1-51(2)25-26-52(3,4)44-32-41(23-24-42(44)51)55(40-21-19-37(20-22-40)35-13-7-5-8-14-35)46-30-38(36-15-9-6-10-16-36)29-45-50(46)56-47-18-12-11-17-43(47)54(45)48-28-34-27-39-31-49(54)53(39,48)33-34/h5-24,29-30,32,34,39,48-49H,25-28,31,33H2,1-4H3. The van der Waals surface area contributed by atoms with Crippen molar-refractivity contribution in [3.05, 3.63) is 162 Å². The van der Waals surface area contributed by atoms with Crippen LogP contribution in [0.2, 0.25) is 0 Å². The number of hydrogen-bond donors (Lipinski definition) is 0. The molecule has 2 bridgehead atoms. The predicted octanol–water partition coefficient (Wildman–Crippen LogP) is 14.3. The average molecular weight is 730 g/mol. The summed E-state index contributed by atoms with van der Waals surface area (Å²) in [7, 11) is 0. The minimum absolute atomic E-state index is 0.0277. The van der Waals surface area contributed by atoms with Crippen molar-refractivity contribution in [3.63, 3.8) is 0 Å². The molecule has 12 rings (SSSR count). The molecule has 0 aromatic heterocycles. The topological polar surface area (TPSA) is 12.5 Å². The van der Waals surface area contributed by atoms with Gasteiger partial charge in [0, 0.05) is 27.9 Å². The quantitative estimate of drug-likeness (QED) is 0.175. The van der Waals surface area contributed by atoms with Gasteiger partial charge in [0.25, 0.3) is 0 Å². The van der Waals surface area contributed by atoms with Crippen molar-refractivity contribution in [2.75, 3.05) is 4.90 Å². The molecule has 0 amide bonds. The van der Waals surface area contributed by atoms with Gasteiger partial charge in [-0.2, -0.15) is 0 Å². The number of nitrogens with zero attached hydrogens (tertiary/aromatic N) is 1. The number of hydrogen-bond acceptors (Lipinski definition) is 2. The van der Waals surface area contributed by atoms with Crippen molar-refractivity contribution in [2.45, 2.75) is 82.5 Å². The lowest BCUT2D eigenvalue weighted by Crippen LogP contribution is -2.74. The third-order valence-electron chi connectivity index (χ3n) is 16.2. The lowest BCUT2D eigenvalue weighted by atomic mass is 9.26. The summed E-state index contributed by atoms with van der Waals surface area (Å²) in [5.41, 5.74) is 15.0. The van der Waals surface area contributed by atoms with Crippen LogP contribution in [-0.2, 0) is 16.2 Å². The highest BCUT2D eigenvalue weighted by molar-refractivity contribution is 5.88. The fraction of sp³-hybridized carbons (Fsp3) is 0.333. The number of fused-ring (bicyclic) bond motifs is 8. The zero-order valence-corrected chi connectivity index (χ0v) is 33.2. The smallest absolute Gasteiger partial charge is 0.155 e. The van der Waals surface area contributed by atoms with Crippen LogP contribution in [0.4, 0.5) is 17.1 Å². The Kier molecular flexibility index (Phi) is 6.67. The van der Waals surface area contributed by atoms with Gasteiger partial charge in [0.05, 0.1) is 5.69 Å². The average Bonchev–Trinajstić information content (AvgIpc) is 3.76. The van der Waals surface area contributed by atoms with E-state index in [0.717, 1.165) is 34.7 Å². The van der Waals surface area contributed by atoms with E-state index in [9.17, 15) is 0 Å². The van der Waals surface area contributed by atoms with Crippen LogP contribution in [0.5, 0.6) is 11.5 Å². The second-order valence-corrected chi connectivity index (χ2v) is 19.6. The molecule has 2 heteroatoms. The van der Waals surface area contributed by atoms with E-state index in [0.29, 0.717) is 17.3 Å². The molecule has 6 aliphatic rings. The van der Waals surface area contributed by atoms with Gasteiger partial charge in [-0.1, -0.05) is 125 Å². The molecule has 6 unspecified atom stereocenters. The van der Waals surface area contributed by atoms with E-state index in [1.165, 1.54) is 88.7 Å². The van der Waals surface area contributed by atoms with Crippen LogP contribution < -0.4 is 9.64 Å². The fourth-order valence-electron chi connectivity index (χ4n) is 13.7. The first kappa shape index (κ1) is 33.1. The summed E-state index contributed by atoms with van der Waals surface area (Å²) < 4.78 is 7.38. The molecule has 6 aromatic rings. The molecule has 2 nitrogen and oxygen atoms in total. The molecule has 2 spiro atoms. The third-order valence-corrected chi connectivity index (χ3v) is 16.2. The van der Waals surface area contributed by atoms with Gasteiger partial charge >= 0.3 is 0 Å². The Balaban J connectivity index is 1.13. The summed E-state index contributed by atoms with van der Waals surface area (Å²) in [5, 5.41) is 0. The molecule has 6 aromatic carbocycles. The number of rotatable bonds is 5. The number of para-hydroxylation sites is 1. The van der Waals surface area contributed by atoms with Crippen LogP contribution in [0, 0.1) is 29.1 Å². The van der Waals surface area contributed by atoms with Crippen LogP contribution in [0.15, 0.2) is 140 Å². The highest BCUT2D eigenvalue weighted by Gasteiger charge is 2.84. The summed E-state index contributed by atoms with van der Waals surface area (Å²) in [5.74, 6) is 5.25. The molecule has 0 saturated heterocycles. The van der Waals surface area contributed by atoms with E-state index in [-0.39, 0.29) is 16.2 Å². The molecule has 56 heavy (non-hydrogen) atoms. The van der Waals surface area contributed by atoms with Crippen LogP contribution in [0.25, 0.3) is 22.3 Å². The van der Waals surface area contributed by atoms with Crippen LogP contribution in [-0.4, -0.2) is 0 Å². The number of benzene rings is 6. The summed E-state index contributed by atoms with van der Waals surface area (Å²) in [6, 6.07) is 52.6. The maximum atomic E-state index is 7.38. The molecule has 6 atom stereocenters. The van der Waals surface area contributed by atoms with E-state index in [1.54, 1.807) is 0 Å². The van der Waals surface area contributed by atoms with Crippen LogP contribution in [0.3, 0.4) is 0 Å². The summed E-state index contributed by atoms with van der Waals surface area (Å²) in [4.78, 5) is 2.54. The molecular formula is C54H51NO. The van der Waals surface area contributed by atoms with Crippen molar-refractivity contribution >= 4 is 17.1 Å². The van der Waals surface area contributed by atoms with Gasteiger partial charge in [0.1, 0.15) is 5.75 Å². The SMILES string of the molecule is CC1(C)CCC(C)(C)c2cc(N(c3ccc(-c4ccccc4)cc3)c3cc(-c4ccccc4)cc4c3Oc3ccccc3C43C4CC5CC6CC3C64C5)ccc21. The Morgan fingerprint density at radius 1 is 0.518 bits per heavy atom. The van der Waals surface area contributed by atoms with Gasteiger partial charge in [-0.3, -0.25) is 0 Å². The minimum Gasteiger partial charge on any atom is -0.455 e. The Morgan fingerprint density at radius 2 is 1.14 bits per heavy atom. The molecule has 4 fully saturated rings. The molecule has 4 saturated carbocycles. The van der Waals surface area contributed by atoms with Gasteiger partial charge in [-0.25, -0.2) is 0 Å². The molecule has 1 aliphatic heterocycles. The monoisotopic (exact) mass is 729 g/mol. The van der Waals surface area contributed by atoms with Crippen molar-refractivity contribution in [3.8, 4) is 33.8 Å². The Hall–Kier alpha value is -5.08. The molecule has 0 N–H and O–H groups in total. The van der Waals surface area contributed by atoms with Crippen LogP contribution in [0.1, 0.15) is 88.5 Å². The van der Waals surface area contributed by atoms with Gasteiger partial charge < -0.3 is 9.64 Å². The molecule has 278 valence electrons. The second kappa shape index (κ2) is 11.3. The number of anilines is 3. The first-order valence-corrected chi connectivity index (χ1v) is 21.3. The summed E-state index contributed by atoms with van der Waals surface area (Å²) in [6.07, 6.45) is 7.99. The van der Waals surface area contributed by atoms with Gasteiger partial charge in [0.2, 0.25) is 0 Å². The predicted molar refractivity (Wildman–Crippen MR) is 229 cm³/mol. The third kappa shape index (κ3) is 4.23. The zero-order valence-electron chi connectivity index (χ0n) is 33.2. The first-order valence-electron chi connectivity index (χ1n) is 21.3. The molecule has 5 aliphatic carbocycles. The maximum absolute atomic E-state index is 7.38. The summed E-state index contributed by atoms with van der Waals surface area (Å²) >= 11 is 0. The van der Waals surface area contributed by atoms with Crippen molar-refractivity contribution in [1.82, 2.24) is 0 Å². The van der Waals surface area contributed by atoms with E-state index >= 15 is 0 Å². The normalized spacial score (nSPS) is 28.9. The number of ether oxygens (including phenoxy) is 1. The Labute approximate surface area is 332 Å². The maximum Gasteiger partial charge on any atom is 0.155 e. The van der Waals surface area contributed by atoms with E-state index in [2.05, 4.69) is 172 Å². The minimum atomic E-state index is -0.0277. The highest BCUT2D eigenvalue weighted by Crippen LogP contribution is 2.89. The molecule has 0 radical (unpaired) electrons. The van der Waals surface area contributed by atoms with Gasteiger partial charge in [-0.05, 0) is 154 Å². The molecular weight excluding hydrogens is 679 g/mol. The van der Waals surface area contributed by atoms with Crippen molar-refractivity contribution in [2.24, 2.45) is 29.1 Å². The highest BCUT2D eigenvalue weighted by atomic mass is 16.5. The zero-order chi connectivity index (χ0) is 37.6. The summed E-state index contributed by atoms with van der Waals surface area (Å²) in [6.45, 7) is 9.74. The Morgan fingerprint density at radius 3 is 1.88 bits per heavy atom. The second-order valence-electron chi connectivity index (χ2n) is 19.6. The van der Waals surface area contributed by atoms with E-state index < -0.39 is 0 Å². The lowest BCUT2D eigenvalue weighted by Gasteiger charge is -2.77. The largest absolute Gasteiger partial charge is 0.455 e. The van der Waals surface area contributed by atoms with E-state index in [4.69, 9.17) is 4.74 Å². The van der Waals surface area contributed by atoms with Crippen molar-refractivity contribution < 1.29 is 4.74 Å². The van der Waals surface area contributed by atoms with Crippen molar-refractivity contribution in [1.29, 1.82) is 0 Å². The van der Waals surface area contributed by atoms with Gasteiger partial charge in [-0.15, -0.1) is 0 Å². The lowest BCUT2D eigenvalue weighted by molar-refractivity contribution is -0.235. The molecule has 1 heterocycles. The van der Waals surface area contributed by atoms with Crippen LogP contribution >= 0.6 is 0 Å². The Bertz CT molecular complexity index is 2550. The fourth-order valence-corrected chi connectivity index (χ4v) is 13.7. The van der Waals surface area contributed by atoms with E-state index in [1.807, 2.05) is 0 Å². The first-order chi connectivity index (χ1) is 27.2.